The molecule has 0 spiro atoms. The summed E-state index contributed by atoms with van der Waals surface area (Å²) in [6.07, 6.45) is 1.15. The molecule has 2 amide bonds. The average Bonchev–Trinajstić information content (AvgIpc) is 2.90. The van der Waals surface area contributed by atoms with Gasteiger partial charge in [0.15, 0.2) is 0 Å². The molecule has 0 aliphatic rings. The zero-order valence-electron chi connectivity index (χ0n) is 21.6. The fourth-order valence-corrected chi connectivity index (χ4v) is 4.87. The molecule has 0 saturated carbocycles. The molecule has 0 saturated heterocycles. The van der Waals surface area contributed by atoms with Crippen LogP contribution in [0.2, 0.25) is 0 Å². The maximum absolute atomic E-state index is 14.6. The van der Waals surface area contributed by atoms with Crippen LogP contribution in [-0.2, 0) is 32.6 Å². The molecule has 0 bridgehead atoms. The third-order valence-electron chi connectivity index (χ3n) is 5.93. The number of amides is 2. The molecule has 0 aromatic heterocycles. The van der Waals surface area contributed by atoms with Crippen molar-refractivity contribution in [2.45, 2.75) is 25.9 Å². The summed E-state index contributed by atoms with van der Waals surface area (Å²) >= 11 is 0. The van der Waals surface area contributed by atoms with Crippen LogP contribution in [0.4, 0.5) is 10.1 Å². The number of carbonyl (C=O) groups is 2. The molecule has 1 atom stereocenters. The Morgan fingerprint density at radius 1 is 0.974 bits per heavy atom. The topological polar surface area (TPSA) is 96.0 Å². The van der Waals surface area contributed by atoms with Crippen LogP contribution in [0.5, 0.6) is 5.75 Å². The summed E-state index contributed by atoms with van der Waals surface area (Å²) in [6, 6.07) is 20.4. The molecule has 0 aliphatic carbocycles. The zero-order chi connectivity index (χ0) is 27.7. The quantitative estimate of drug-likeness (QED) is 0.379. The summed E-state index contributed by atoms with van der Waals surface area (Å²) in [6.45, 7) is 1.47. The Morgan fingerprint density at radius 2 is 1.61 bits per heavy atom. The van der Waals surface area contributed by atoms with E-state index in [2.05, 4.69) is 5.32 Å². The SMILES string of the molecule is CCOc1ccc(N(CC(=O)N(Cc2ccccc2F)[C@H](Cc2ccccc2)C(=O)NC)S(C)(=O)=O)cc1. The van der Waals surface area contributed by atoms with E-state index >= 15 is 0 Å². The first-order valence-corrected chi connectivity index (χ1v) is 14.0. The molecule has 202 valence electrons. The van der Waals surface area contributed by atoms with Crippen molar-refractivity contribution in [3.63, 3.8) is 0 Å². The van der Waals surface area contributed by atoms with E-state index < -0.39 is 40.2 Å². The number of carbonyl (C=O) groups excluding carboxylic acids is 2. The molecule has 0 unspecified atom stereocenters. The largest absolute Gasteiger partial charge is 0.494 e. The van der Waals surface area contributed by atoms with Crippen molar-refractivity contribution < 1.29 is 27.1 Å². The number of nitrogens with one attached hydrogen (secondary N) is 1. The van der Waals surface area contributed by atoms with E-state index in [0.29, 0.717) is 12.4 Å². The lowest BCUT2D eigenvalue weighted by atomic mass is 10.0. The van der Waals surface area contributed by atoms with Crippen LogP contribution in [0.1, 0.15) is 18.1 Å². The lowest BCUT2D eigenvalue weighted by molar-refractivity contribution is -0.139. The van der Waals surface area contributed by atoms with E-state index in [1.165, 1.54) is 30.1 Å². The van der Waals surface area contributed by atoms with Gasteiger partial charge in [-0.3, -0.25) is 13.9 Å². The van der Waals surface area contributed by atoms with Gasteiger partial charge < -0.3 is 15.0 Å². The lowest BCUT2D eigenvalue weighted by Crippen LogP contribution is -2.53. The zero-order valence-corrected chi connectivity index (χ0v) is 22.4. The predicted octanol–water partition coefficient (Wildman–Crippen LogP) is 3.38. The molecule has 0 heterocycles. The van der Waals surface area contributed by atoms with Crippen molar-refractivity contribution in [2.24, 2.45) is 0 Å². The molecule has 0 aliphatic heterocycles. The number of anilines is 1. The minimum Gasteiger partial charge on any atom is -0.494 e. The monoisotopic (exact) mass is 541 g/mol. The second-order valence-electron chi connectivity index (χ2n) is 8.63. The van der Waals surface area contributed by atoms with Crippen LogP contribution in [0.15, 0.2) is 78.9 Å². The number of ether oxygens (including phenoxy) is 1. The Kier molecular flexibility index (Phi) is 9.84. The van der Waals surface area contributed by atoms with E-state index in [1.54, 1.807) is 30.3 Å². The smallest absolute Gasteiger partial charge is 0.244 e. The lowest BCUT2D eigenvalue weighted by Gasteiger charge is -2.33. The molecule has 1 N–H and O–H groups in total. The van der Waals surface area contributed by atoms with E-state index in [-0.39, 0.29) is 24.2 Å². The van der Waals surface area contributed by atoms with Crippen LogP contribution in [-0.4, -0.2) is 57.6 Å². The highest BCUT2D eigenvalue weighted by molar-refractivity contribution is 7.92. The summed E-state index contributed by atoms with van der Waals surface area (Å²) in [7, 11) is -2.44. The summed E-state index contributed by atoms with van der Waals surface area (Å²) in [5.41, 5.74) is 1.25. The van der Waals surface area contributed by atoms with Gasteiger partial charge in [0.1, 0.15) is 24.2 Å². The van der Waals surface area contributed by atoms with Gasteiger partial charge in [-0.2, -0.15) is 0 Å². The third-order valence-corrected chi connectivity index (χ3v) is 7.07. The van der Waals surface area contributed by atoms with Crippen molar-refractivity contribution in [3.05, 3.63) is 95.8 Å². The first-order chi connectivity index (χ1) is 18.1. The van der Waals surface area contributed by atoms with Gasteiger partial charge in [-0.15, -0.1) is 0 Å². The molecule has 8 nitrogen and oxygen atoms in total. The molecule has 10 heteroatoms. The average molecular weight is 542 g/mol. The van der Waals surface area contributed by atoms with Crippen LogP contribution in [0, 0.1) is 5.82 Å². The number of rotatable bonds is 12. The highest BCUT2D eigenvalue weighted by Crippen LogP contribution is 2.23. The number of halogens is 1. The van der Waals surface area contributed by atoms with Crippen LogP contribution in [0.25, 0.3) is 0 Å². The van der Waals surface area contributed by atoms with E-state index in [9.17, 15) is 22.4 Å². The molecule has 3 rings (SSSR count). The Balaban J connectivity index is 2.01. The number of likely N-dealkylation sites (N-methyl/N-ethyl adjacent to an activating group) is 1. The molecule has 3 aromatic rings. The van der Waals surface area contributed by atoms with Gasteiger partial charge in [0.25, 0.3) is 0 Å². The molecule has 0 fully saturated rings. The van der Waals surface area contributed by atoms with Gasteiger partial charge in [0.2, 0.25) is 21.8 Å². The fourth-order valence-electron chi connectivity index (χ4n) is 4.02. The van der Waals surface area contributed by atoms with Crippen molar-refractivity contribution in [2.75, 3.05) is 30.8 Å². The number of benzene rings is 3. The summed E-state index contributed by atoms with van der Waals surface area (Å²) < 4.78 is 46.5. The second kappa shape index (κ2) is 13.0. The minimum absolute atomic E-state index is 0.155. The minimum atomic E-state index is -3.89. The van der Waals surface area contributed by atoms with Crippen LogP contribution < -0.4 is 14.4 Å². The number of hydrogen-bond donors (Lipinski definition) is 1. The van der Waals surface area contributed by atoms with E-state index in [0.717, 1.165) is 16.1 Å². The summed E-state index contributed by atoms with van der Waals surface area (Å²) in [4.78, 5) is 28.1. The standard InChI is InChI=1S/C28H32FN3O5S/c1-4-37-24-16-14-23(15-17-24)32(38(3,35)36)20-27(33)31(19-22-12-8-9-13-25(22)29)26(28(34)30-2)18-21-10-6-5-7-11-21/h5-17,26H,4,18-20H2,1-3H3,(H,30,34)/t26-/m1/s1. The molecule has 38 heavy (non-hydrogen) atoms. The molecule has 0 radical (unpaired) electrons. The highest BCUT2D eigenvalue weighted by Gasteiger charge is 2.33. The Hall–Kier alpha value is -3.92. The Morgan fingerprint density at radius 3 is 2.18 bits per heavy atom. The van der Waals surface area contributed by atoms with Crippen LogP contribution in [0.3, 0.4) is 0 Å². The number of sulfonamides is 1. The van der Waals surface area contributed by atoms with Gasteiger partial charge in [-0.25, -0.2) is 12.8 Å². The normalized spacial score (nSPS) is 11.9. The van der Waals surface area contributed by atoms with Gasteiger partial charge >= 0.3 is 0 Å². The number of hydrogen-bond acceptors (Lipinski definition) is 5. The van der Waals surface area contributed by atoms with Crippen LogP contribution >= 0.6 is 0 Å². The van der Waals surface area contributed by atoms with Gasteiger partial charge in [0.05, 0.1) is 18.6 Å². The van der Waals surface area contributed by atoms with Crippen molar-refractivity contribution in [3.8, 4) is 5.75 Å². The van der Waals surface area contributed by atoms with Crippen molar-refractivity contribution >= 4 is 27.5 Å². The second-order valence-corrected chi connectivity index (χ2v) is 10.5. The van der Waals surface area contributed by atoms with E-state index in [1.807, 2.05) is 37.3 Å². The molecular formula is C28H32FN3O5S. The first kappa shape index (κ1) is 28.6. The maximum Gasteiger partial charge on any atom is 0.244 e. The maximum atomic E-state index is 14.6. The van der Waals surface area contributed by atoms with E-state index in [4.69, 9.17) is 4.74 Å². The number of nitrogens with zero attached hydrogens (tertiary/aromatic N) is 2. The molecule has 3 aromatic carbocycles. The Bertz CT molecular complexity index is 1330. The summed E-state index contributed by atoms with van der Waals surface area (Å²) in [5.74, 6) is -1.09. The third kappa shape index (κ3) is 7.55. The van der Waals surface area contributed by atoms with Crippen molar-refractivity contribution in [1.82, 2.24) is 10.2 Å². The predicted molar refractivity (Wildman–Crippen MR) is 145 cm³/mol. The Labute approximate surface area is 223 Å². The molecular weight excluding hydrogens is 509 g/mol. The fraction of sp³-hybridized carbons (Fsp3) is 0.286. The van der Waals surface area contributed by atoms with Gasteiger partial charge in [-0.05, 0) is 42.8 Å². The van der Waals surface area contributed by atoms with Gasteiger partial charge in [0, 0.05) is 25.6 Å². The van der Waals surface area contributed by atoms with Gasteiger partial charge in [-0.1, -0.05) is 48.5 Å². The van der Waals surface area contributed by atoms with Crippen molar-refractivity contribution in [1.29, 1.82) is 0 Å². The summed E-state index contributed by atoms with van der Waals surface area (Å²) in [5, 5.41) is 2.58. The highest BCUT2D eigenvalue weighted by atomic mass is 32.2. The first-order valence-electron chi connectivity index (χ1n) is 12.1.